The summed E-state index contributed by atoms with van der Waals surface area (Å²) in [6.45, 7) is 2.81. The van der Waals surface area contributed by atoms with Crippen LogP contribution in [-0.2, 0) is 6.54 Å². The van der Waals surface area contributed by atoms with Crippen LogP contribution in [0.3, 0.4) is 0 Å². The van der Waals surface area contributed by atoms with Crippen LogP contribution in [0.1, 0.15) is 23.3 Å². The molecule has 1 aliphatic heterocycles. The molecule has 13 heteroatoms. The molecule has 1 fully saturated rings. The van der Waals surface area contributed by atoms with Crippen molar-refractivity contribution in [3.8, 4) is 28.5 Å². The van der Waals surface area contributed by atoms with Gasteiger partial charge in [0.25, 0.3) is 5.91 Å². The number of fused-ring (bicyclic) bond motifs is 1. The third-order valence-corrected chi connectivity index (χ3v) is 6.98. The summed E-state index contributed by atoms with van der Waals surface area (Å²) in [7, 11) is 4.65. The highest BCUT2D eigenvalue weighted by Gasteiger charge is 2.21. The average Bonchev–Trinajstić information content (AvgIpc) is 3.73. The van der Waals surface area contributed by atoms with Crippen LogP contribution in [-0.4, -0.2) is 83.1 Å². The molecule has 5 rings (SSSR count). The van der Waals surface area contributed by atoms with Crippen molar-refractivity contribution in [1.29, 1.82) is 0 Å². The Morgan fingerprint density at radius 2 is 1.82 bits per heavy atom. The van der Waals surface area contributed by atoms with Gasteiger partial charge in [-0.2, -0.15) is 10.2 Å². The number of methoxy groups -OCH3 is 3. The number of H-pyrrole nitrogens is 1. The molecule has 0 spiro atoms. The summed E-state index contributed by atoms with van der Waals surface area (Å²) in [5.41, 5.74) is 2.40. The number of nitrogens with one attached hydrogen (secondary N) is 2. The lowest BCUT2D eigenvalue weighted by Crippen LogP contribution is -2.28. The second-order valence-electron chi connectivity index (χ2n) is 8.67. The monoisotopic (exact) mass is 538 g/mol. The molecule has 0 aliphatic carbocycles. The first-order valence-corrected chi connectivity index (χ1v) is 13.4. The number of hydrogen-bond donors (Lipinski definition) is 2. The fourth-order valence-electron chi connectivity index (χ4n) is 4.53. The molecular weight excluding hydrogens is 508 g/mol. The van der Waals surface area contributed by atoms with Crippen LogP contribution in [0, 0.1) is 0 Å². The summed E-state index contributed by atoms with van der Waals surface area (Å²) in [6.07, 6.45) is 6.10. The number of thioether (sulfide) groups is 1. The molecule has 0 atom stereocenters. The molecule has 4 heterocycles. The molecule has 2 N–H and O–H groups in total. The second kappa shape index (κ2) is 11.2. The van der Waals surface area contributed by atoms with Crippen molar-refractivity contribution in [2.45, 2.75) is 24.5 Å². The van der Waals surface area contributed by atoms with E-state index in [0.717, 1.165) is 48.3 Å². The summed E-state index contributed by atoms with van der Waals surface area (Å²) >= 11 is 1.51. The minimum atomic E-state index is -0.273. The van der Waals surface area contributed by atoms with E-state index in [1.807, 2.05) is 17.1 Å². The molecule has 12 nitrogen and oxygen atoms in total. The van der Waals surface area contributed by atoms with Crippen LogP contribution >= 0.6 is 11.8 Å². The molecule has 1 aliphatic rings. The number of anilines is 1. The predicted octanol–water partition coefficient (Wildman–Crippen LogP) is 2.99. The maximum absolute atomic E-state index is 12.8. The Kier molecular flexibility index (Phi) is 7.54. The molecule has 3 aromatic heterocycles. The van der Waals surface area contributed by atoms with Gasteiger partial charge < -0.3 is 24.4 Å². The van der Waals surface area contributed by atoms with Gasteiger partial charge in [0.1, 0.15) is 11.5 Å². The summed E-state index contributed by atoms with van der Waals surface area (Å²) in [4.78, 5) is 24.6. The molecule has 0 bridgehead atoms. The highest BCUT2D eigenvalue weighted by Crippen LogP contribution is 2.40. The van der Waals surface area contributed by atoms with Crippen LogP contribution < -0.4 is 24.4 Å². The largest absolute Gasteiger partial charge is 0.493 e. The van der Waals surface area contributed by atoms with E-state index in [0.29, 0.717) is 46.9 Å². The Morgan fingerprint density at radius 3 is 2.47 bits per heavy atom. The lowest BCUT2D eigenvalue weighted by Gasteiger charge is -2.17. The number of rotatable bonds is 10. The summed E-state index contributed by atoms with van der Waals surface area (Å²) in [6, 6.07) is 5.24. The lowest BCUT2D eigenvalue weighted by molar-refractivity contribution is 0.0947. The molecule has 200 valence electrons. The molecule has 1 aromatic carbocycles. The standard InChI is InChI=1S/C25H30N8O4S/c1-35-19-11-15(12-20(36-2)21(19)37-3)17-13-18(31-30-17)24(34)26-7-10-33-23-16(14-27-33)22(28-25(29-23)38-4)32-8-5-6-9-32/h11-14H,5-10H2,1-4H3,(H,26,34)(H,30,31). The highest BCUT2D eigenvalue weighted by atomic mass is 32.2. The van der Waals surface area contributed by atoms with Crippen LogP contribution in [0.25, 0.3) is 22.3 Å². The smallest absolute Gasteiger partial charge is 0.269 e. The van der Waals surface area contributed by atoms with E-state index in [4.69, 9.17) is 19.2 Å². The van der Waals surface area contributed by atoms with E-state index < -0.39 is 0 Å². The molecule has 1 amide bonds. The van der Waals surface area contributed by atoms with Crippen molar-refractivity contribution in [2.24, 2.45) is 0 Å². The third kappa shape index (κ3) is 4.93. The Balaban J connectivity index is 1.28. The number of hydrogen-bond acceptors (Lipinski definition) is 10. The van der Waals surface area contributed by atoms with E-state index in [-0.39, 0.29) is 5.91 Å². The lowest BCUT2D eigenvalue weighted by atomic mass is 10.1. The fourth-order valence-corrected chi connectivity index (χ4v) is 4.89. The number of nitrogens with zero attached hydrogens (tertiary/aromatic N) is 6. The van der Waals surface area contributed by atoms with Gasteiger partial charge in [0.05, 0.1) is 45.2 Å². The molecule has 0 saturated carbocycles. The Hall–Kier alpha value is -4.00. The van der Waals surface area contributed by atoms with Crippen LogP contribution in [0.2, 0.25) is 0 Å². The zero-order valence-corrected chi connectivity index (χ0v) is 22.6. The Labute approximate surface area is 224 Å². The summed E-state index contributed by atoms with van der Waals surface area (Å²) in [5, 5.41) is 16.2. The first kappa shape index (κ1) is 25.6. The van der Waals surface area contributed by atoms with Gasteiger partial charge in [0, 0.05) is 25.2 Å². The van der Waals surface area contributed by atoms with Crippen LogP contribution in [0.15, 0.2) is 29.6 Å². The Morgan fingerprint density at radius 1 is 1.08 bits per heavy atom. The molecule has 4 aromatic rings. The number of amides is 1. The number of carbonyl (C=O) groups is 1. The van der Waals surface area contributed by atoms with E-state index in [2.05, 4.69) is 30.5 Å². The second-order valence-corrected chi connectivity index (χ2v) is 9.44. The van der Waals surface area contributed by atoms with Crippen molar-refractivity contribution in [1.82, 2.24) is 35.3 Å². The number of aromatic nitrogens is 6. The van der Waals surface area contributed by atoms with Crippen molar-refractivity contribution in [3.63, 3.8) is 0 Å². The SMILES string of the molecule is COc1cc(-c2cc(C(=O)NCCn3ncc4c(N5CCCC5)nc(SC)nc43)[nH]n2)cc(OC)c1OC. The third-order valence-electron chi connectivity index (χ3n) is 6.44. The zero-order valence-electron chi connectivity index (χ0n) is 21.8. The van der Waals surface area contributed by atoms with Crippen molar-refractivity contribution >= 4 is 34.5 Å². The van der Waals surface area contributed by atoms with Gasteiger partial charge in [0.15, 0.2) is 22.3 Å². The zero-order chi connectivity index (χ0) is 26.6. The average molecular weight is 539 g/mol. The highest BCUT2D eigenvalue weighted by molar-refractivity contribution is 7.98. The maximum Gasteiger partial charge on any atom is 0.269 e. The molecule has 0 radical (unpaired) electrons. The number of carbonyl (C=O) groups excluding carboxylic acids is 1. The molecule has 0 unspecified atom stereocenters. The molecule has 1 saturated heterocycles. The summed E-state index contributed by atoms with van der Waals surface area (Å²) < 4.78 is 18.0. The minimum absolute atomic E-state index is 0.273. The normalized spacial score (nSPS) is 13.2. The predicted molar refractivity (Wildman–Crippen MR) is 145 cm³/mol. The Bertz CT molecular complexity index is 1420. The van der Waals surface area contributed by atoms with E-state index in [1.165, 1.54) is 11.8 Å². The topological polar surface area (TPSA) is 132 Å². The van der Waals surface area contributed by atoms with Crippen molar-refractivity contribution < 1.29 is 19.0 Å². The van der Waals surface area contributed by atoms with Gasteiger partial charge in [-0.3, -0.25) is 9.89 Å². The molecular formula is C25H30N8O4S. The van der Waals surface area contributed by atoms with Crippen molar-refractivity contribution in [3.05, 3.63) is 30.1 Å². The quantitative estimate of drug-likeness (QED) is 0.229. The summed E-state index contributed by atoms with van der Waals surface area (Å²) in [5.74, 6) is 2.15. The first-order chi connectivity index (χ1) is 18.6. The van der Waals surface area contributed by atoms with Gasteiger partial charge >= 0.3 is 0 Å². The first-order valence-electron chi connectivity index (χ1n) is 12.2. The molecule has 38 heavy (non-hydrogen) atoms. The van der Waals surface area contributed by atoms with Crippen LogP contribution in [0.4, 0.5) is 5.82 Å². The van der Waals surface area contributed by atoms with Crippen molar-refractivity contribution in [2.75, 3.05) is 52.1 Å². The maximum atomic E-state index is 12.8. The van der Waals surface area contributed by atoms with Gasteiger partial charge in [-0.25, -0.2) is 14.6 Å². The van der Waals surface area contributed by atoms with Gasteiger partial charge in [-0.15, -0.1) is 0 Å². The van der Waals surface area contributed by atoms with Gasteiger partial charge in [0.2, 0.25) is 5.75 Å². The fraction of sp³-hybridized carbons (Fsp3) is 0.400. The van der Waals surface area contributed by atoms with Crippen LogP contribution in [0.5, 0.6) is 17.2 Å². The number of benzene rings is 1. The van der Waals surface area contributed by atoms with Gasteiger partial charge in [-0.05, 0) is 37.3 Å². The number of aromatic amines is 1. The van der Waals surface area contributed by atoms with E-state index in [1.54, 1.807) is 39.5 Å². The van der Waals surface area contributed by atoms with Gasteiger partial charge in [-0.1, -0.05) is 11.8 Å². The minimum Gasteiger partial charge on any atom is -0.493 e. The van der Waals surface area contributed by atoms with E-state index >= 15 is 0 Å². The number of ether oxygens (including phenoxy) is 3. The van der Waals surface area contributed by atoms with E-state index in [9.17, 15) is 4.79 Å².